The van der Waals surface area contributed by atoms with Gasteiger partial charge in [-0.3, -0.25) is 9.59 Å². The second-order valence-corrected chi connectivity index (χ2v) is 6.88. The Balaban J connectivity index is 1.71. The molecule has 0 saturated heterocycles. The molecule has 0 aliphatic rings. The summed E-state index contributed by atoms with van der Waals surface area (Å²) in [5.41, 5.74) is 3.27. The maximum atomic E-state index is 11.8. The molecule has 8 heteroatoms. The summed E-state index contributed by atoms with van der Waals surface area (Å²) in [6, 6.07) is 5.28. The number of hydrogen-bond donors (Lipinski definition) is 1. The number of halogens is 1. The molecule has 0 radical (unpaired) electrons. The van der Waals surface area contributed by atoms with Crippen LogP contribution in [0.3, 0.4) is 0 Å². The van der Waals surface area contributed by atoms with Crippen molar-refractivity contribution in [3.8, 4) is 0 Å². The van der Waals surface area contributed by atoms with Crippen LogP contribution in [0, 0.1) is 20.8 Å². The molecule has 0 aliphatic heterocycles. The van der Waals surface area contributed by atoms with Crippen LogP contribution in [-0.2, 0) is 20.1 Å². The molecule has 2 aromatic rings. The van der Waals surface area contributed by atoms with Crippen LogP contribution in [0.2, 0.25) is 5.02 Å². The number of hydrogen-bond acceptors (Lipinski definition) is 6. The van der Waals surface area contributed by atoms with E-state index in [2.05, 4.69) is 10.5 Å². The zero-order valence-electron chi connectivity index (χ0n) is 14.2. The monoisotopic (exact) mass is 382 g/mol. The van der Waals surface area contributed by atoms with Gasteiger partial charge < -0.3 is 14.6 Å². The van der Waals surface area contributed by atoms with Gasteiger partial charge in [0.25, 0.3) is 5.91 Å². The summed E-state index contributed by atoms with van der Waals surface area (Å²) < 4.78 is 10.0. The zero-order valence-corrected chi connectivity index (χ0v) is 15.8. The number of carbonyl (C=O) groups excluding carboxylic acids is 2. The molecule has 0 atom stereocenters. The first-order chi connectivity index (χ1) is 11.9. The van der Waals surface area contributed by atoms with Crippen molar-refractivity contribution in [2.75, 3.05) is 17.7 Å². The fourth-order valence-corrected chi connectivity index (χ4v) is 3.29. The lowest BCUT2D eigenvalue weighted by atomic mass is 10.2. The minimum absolute atomic E-state index is 0.141. The van der Waals surface area contributed by atoms with E-state index in [-0.39, 0.29) is 12.4 Å². The van der Waals surface area contributed by atoms with Gasteiger partial charge in [-0.05, 0) is 38.5 Å². The van der Waals surface area contributed by atoms with Crippen molar-refractivity contribution in [2.24, 2.45) is 0 Å². The molecule has 0 fully saturated rings. The fourth-order valence-electron chi connectivity index (χ4n) is 2.04. The maximum absolute atomic E-state index is 11.8. The quantitative estimate of drug-likeness (QED) is 0.736. The molecule has 0 bridgehead atoms. The molecule has 0 aliphatic carbocycles. The summed E-state index contributed by atoms with van der Waals surface area (Å²) in [5, 5.41) is 6.91. The number of esters is 1. The van der Waals surface area contributed by atoms with E-state index in [0.29, 0.717) is 16.5 Å². The number of aryl methyl sites for hydroxylation is 3. The summed E-state index contributed by atoms with van der Waals surface area (Å²) in [5.74, 6) is 0.591. The number of nitrogens with one attached hydrogen (secondary N) is 1. The second-order valence-electron chi connectivity index (χ2n) is 5.49. The average molecular weight is 383 g/mol. The minimum Gasteiger partial charge on any atom is -0.455 e. The highest BCUT2D eigenvalue weighted by molar-refractivity contribution is 7.99. The molecule has 2 rings (SSSR count). The first-order valence-corrected chi connectivity index (χ1v) is 9.11. The Hall–Kier alpha value is -1.99. The van der Waals surface area contributed by atoms with Crippen molar-refractivity contribution in [3.05, 3.63) is 45.8 Å². The van der Waals surface area contributed by atoms with Crippen molar-refractivity contribution in [1.29, 1.82) is 0 Å². The first kappa shape index (κ1) is 19.3. The van der Waals surface area contributed by atoms with E-state index < -0.39 is 11.9 Å². The van der Waals surface area contributed by atoms with Crippen molar-refractivity contribution in [1.82, 2.24) is 5.16 Å². The van der Waals surface area contributed by atoms with E-state index in [9.17, 15) is 9.59 Å². The Morgan fingerprint density at radius 2 is 2.08 bits per heavy atom. The largest absolute Gasteiger partial charge is 0.455 e. The van der Waals surface area contributed by atoms with Gasteiger partial charge in [-0.15, -0.1) is 11.8 Å². The third kappa shape index (κ3) is 5.79. The molecule has 0 saturated carbocycles. The highest BCUT2D eigenvalue weighted by atomic mass is 35.5. The van der Waals surface area contributed by atoms with Crippen LogP contribution in [0.15, 0.2) is 22.7 Å². The summed E-state index contributed by atoms with van der Waals surface area (Å²) in [4.78, 5) is 23.6. The van der Waals surface area contributed by atoms with Crippen LogP contribution in [-0.4, -0.2) is 29.4 Å². The molecular formula is C17H19ClN2O4S. The molecular weight excluding hydrogens is 364 g/mol. The van der Waals surface area contributed by atoms with E-state index in [1.807, 2.05) is 26.8 Å². The Labute approximate surface area is 155 Å². The number of nitrogens with zero attached hydrogens (tertiary/aromatic N) is 1. The van der Waals surface area contributed by atoms with Gasteiger partial charge >= 0.3 is 5.97 Å². The highest BCUT2D eigenvalue weighted by Gasteiger charge is 2.12. The van der Waals surface area contributed by atoms with Crippen molar-refractivity contribution < 1.29 is 18.8 Å². The summed E-state index contributed by atoms with van der Waals surface area (Å²) in [6.07, 6.45) is 0. The van der Waals surface area contributed by atoms with E-state index in [4.69, 9.17) is 20.9 Å². The van der Waals surface area contributed by atoms with Gasteiger partial charge in [-0.1, -0.05) is 22.8 Å². The predicted molar refractivity (Wildman–Crippen MR) is 97.9 cm³/mol. The number of amides is 1. The van der Waals surface area contributed by atoms with Gasteiger partial charge in [0.1, 0.15) is 5.76 Å². The second kappa shape index (κ2) is 8.92. The zero-order chi connectivity index (χ0) is 18.4. The van der Waals surface area contributed by atoms with E-state index in [1.165, 1.54) is 11.8 Å². The first-order valence-electron chi connectivity index (χ1n) is 7.58. The number of benzene rings is 1. The Bertz CT molecular complexity index is 757. The molecule has 1 aromatic heterocycles. The van der Waals surface area contributed by atoms with Crippen LogP contribution in [0.1, 0.15) is 22.6 Å². The number of rotatable bonds is 7. The van der Waals surface area contributed by atoms with E-state index in [0.717, 1.165) is 22.6 Å². The number of carbonyl (C=O) groups is 2. The summed E-state index contributed by atoms with van der Waals surface area (Å²) in [6.45, 7) is 5.23. The van der Waals surface area contributed by atoms with Crippen LogP contribution in [0.4, 0.5) is 5.69 Å². The molecule has 1 amide bonds. The molecule has 0 spiro atoms. The van der Waals surface area contributed by atoms with Gasteiger partial charge in [0.2, 0.25) is 0 Å². The van der Waals surface area contributed by atoms with E-state index >= 15 is 0 Å². The topological polar surface area (TPSA) is 81.4 Å². The average Bonchev–Trinajstić information content (AvgIpc) is 2.87. The van der Waals surface area contributed by atoms with Gasteiger partial charge in [-0.25, -0.2) is 0 Å². The van der Waals surface area contributed by atoms with Crippen molar-refractivity contribution in [3.63, 3.8) is 0 Å². The lowest BCUT2D eigenvalue weighted by Crippen LogP contribution is -2.21. The summed E-state index contributed by atoms with van der Waals surface area (Å²) >= 11 is 7.42. The van der Waals surface area contributed by atoms with Crippen LogP contribution < -0.4 is 5.32 Å². The van der Waals surface area contributed by atoms with Gasteiger partial charge in [-0.2, -0.15) is 0 Å². The lowest BCUT2D eigenvalue weighted by Gasteiger charge is -2.08. The van der Waals surface area contributed by atoms with Crippen molar-refractivity contribution in [2.45, 2.75) is 26.5 Å². The van der Waals surface area contributed by atoms with Gasteiger partial charge in [0.15, 0.2) is 6.61 Å². The molecule has 1 aromatic carbocycles. The molecule has 6 nitrogen and oxygen atoms in total. The van der Waals surface area contributed by atoms with Crippen LogP contribution in [0.5, 0.6) is 0 Å². The third-order valence-corrected chi connectivity index (χ3v) is 4.66. The highest BCUT2D eigenvalue weighted by Crippen LogP contribution is 2.22. The Morgan fingerprint density at radius 3 is 2.72 bits per heavy atom. The molecule has 134 valence electrons. The number of ether oxygens (including phenoxy) is 1. The third-order valence-electron chi connectivity index (χ3n) is 3.41. The van der Waals surface area contributed by atoms with Crippen LogP contribution >= 0.6 is 23.4 Å². The van der Waals surface area contributed by atoms with Crippen LogP contribution in [0.25, 0.3) is 0 Å². The smallest absolute Gasteiger partial charge is 0.316 e. The van der Waals surface area contributed by atoms with E-state index in [1.54, 1.807) is 12.1 Å². The lowest BCUT2D eigenvalue weighted by molar-refractivity contribution is -0.144. The molecule has 25 heavy (non-hydrogen) atoms. The van der Waals surface area contributed by atoms with Gasteiger partial charge in [0, 0.05) is 11.3 Å². The minimum atomic E-state index is -0.457. The molecule has 1 heterocycles. The maximum Gasteiger partial charge on any atom is 0.316 e. The summed E-state index contributed by atoms with van der Waals surface area (Å²) in [7, 11) is 0. The fraction of sp³-hybridized carbons (Fsp3) is 0.353. The standard InChI is InChI=1S/C17H19ClN2O4S/c1-10-4-5-15(14(18)6-10)19-16(21)7-23-17(22)9-25-8-13-11(2)20-24-12(13)3/h4-6H,7-9H2,1-3H3,(H,19,21). The normalized spacial score (nSPS) is 10.6. The van der Waals surface area contributed by atoms with Crippen molar-refractivity contribution >= 4 is 40.9 Å². The molecule has 1 N–H and O–H groups in total. The SMILES string of the molecule is Cc1ccc(NC(=O)COC(=O)CSCc2c(C)noc2C)c(Cl)c1. The Morgan fingerprint density at radius 1 is 1.32 bits per heavy atom. The predicted octanol–water partition coefficient (Wildman–Crippen LogP) is 3.67. The number of anilines is 1. The Kier molecular flexibility index (Phi) is 6.90. The number of thioether (sulfide) groups is 1. The number of aromatic nitrogens is 1. The van der Waals surface area contributed by atoms with Gasteiger partial charge in [0.05, 0.1) is 22.2 Å². The molecule has 0 unspecified atom stereocenters.